The highest BCUT2D eigenvalue weighted by Crippen LogP contribution is 2.35. The fourth-order valence-electron chi connectivity index (χ4n) is 3.55. The number of hydroxylamine groups is 2. The monoisotopic (exact) mass is 429 g/mol. The average molecular weight is 429 g/mol. The summed E-state index contributed by atoms with van der Waals surface area (Å²) in [6, 6.07) is 3.38. The Morgan fingerprint density at radius 1 is 1.03 bits per heavy atom. The number of furan rings is 1. The van der Waals surface area contributed by atoms with Gasteiger partial charge in [-0.3, -0.25) is 9.59 Å². The van der Waals surface area contributed by atoms with E-state index in [0.29, 0.717) is 27.7 Å². The number of carbonyl (C=O) groups is 3. The highest BCUT2D eigenvalue weighted by Gasteiger charge is 2.32. The lowest BCUT2D eigenvalue weighted by Gasteiger charge is -2.12. The van der Waals surface area contributed by atoms with E-state index in [-0.39, 0.29) is 18.6 Å². The molecular weight excluding hydrogens is 410 g/mol. The summed E-state index contributed by atoms with van der Waals surface area (Å²) >= 11 is 1.29. The smallest absolute Gasteiger partial charge is 0.343 e. The molecule has 1 aliphatic heterocycles. The van der Waals surface area contributed by atoms with Crippen LogP contribution >= 0.6 is 11.8 Å². The van der Waals surface area contributed by atoms with Crippen molar-refractivity contribution < 1.29 is 28.1 Å². The van der Waals surface area contributed by atoms with Gasteiger partial charge in [0.2, 0.25) is 0 Å². The lowest BCUT2D eigenvalue weighted by atomic mass is 10.0. The number of imide groups is 1. The molecule has 0 aliphatic carbocycles. The summed E-state index contributed by atoms with van der Waals surface area (Å²) in [5.41, 5.74) is 3.21. The zero-order chi connectivity index (χ0) is 21.6. The van der Waals surface area contributed by atoms with E-state index < -0.39 is 23.4 Å². The van der Waals surface area contributed by atoms with Crippen LogP contribution in [0.4, 0.5) is 0 Å². The quantitative estimate of drug-likeness (QED) is 0.449. The molecule has 1 fully saturated rings. The van der Waals surface area contributed by atoms with Crippen LogP contribution in [-0.4, -0.2) is 28.6 Å². The lowest BCUT2D eigenvalue weighted by molar-refractivity contribution is -0.195. The van der Waals surface area contributed by atoms with Gasteiger partial charge in [-0.05, 0) is 32.4 Å². The van der Waals surface area contributed by atoms with Crippen molar-refractivity contribution in [2.45, 2.75) is 39.4 Å². The van der Waals surface area contributed by atoms with E-state index in [2.05, 4.69) is 0 Å². The first-order chi connectivity index (χ1) is 14.3. The van der Waals surface area contributed by atoms with Crippen molar-refractivity contribution in [2.75, 3.05) is 5.75 Å². The molecule has 156 valence electrons. The second-order valence-electron chi connectivity index (χ2n) is 7.18. The molecule has 0 N–H and O–H groups in total. The van der Waals surface area contributed by atoms with Crippen LogP contribution in [0.5, 0.6) is 0 Å². The predicted octanol–water partition coefficient (Wildman–Crippen LogP) is 3.30. The maximum atomic E-state index is 12.0. The first-order valence-electron chi connectivity index (χ1n) is 9.36. The van der Waals surface area contributed by atoms with Gasteiger partial charge in [-0.15, -0.1) is 16.8 Å². The van der Waals surface area contributed by atoms with E-state index in [4.69, 9.17) is 13.7 Å². The Balaban J connectivity index is 1.55. The third kappa shape index (κ3) is 3.49. The number of carbonyl (C=O) groups excluding carboxylic acids is 3. The predicted molar refractivity (Wildman–Crippen MR) is 110 cm³/mol. The third-order valence-electron chi connectivity index (χ3n) is 5.09. The number of amides is 2. The van der Waals surface area contributed by atoms with Crippen molar-refractivity contribution in [3.8, 4) is 0 Å². The molecule has 8 nitrogen and oxygen atoms in total. The van der Waals surface area contributed by atoms with Crippen molar-refractivity contribution >= 4 is 51.5 Å². The molecule has 4 rings (SSSR count). The van der Waals surface area contributed by atoms with Crippen LogP contribution in [0.3, 0.4) is 0 Å². The van der Waals surface area contributed by atoms with Gasteiger partial charge >= 0.3 is 11.6 Å². The second kappa shape index (κ2) is 7.64. The van der Waals surface area contributed by atoms with Crippen LogP contribution in [0, 0.1) is 20.8 Å². The highest BCUT2D eigenvalue weighted by molar-refractivity contribution is 7.99. The summed E-state index contributed by atoms with van der Waals surface area (Å²) < 4.78 is 11.3. The minimum Gasteiger partial charge on any atom is -0.461 e. The number of fused-ring (bicyclic) bond motifs is 2. The third-order valence-corrected chi connectivity index (χ3v) is 6.02. The summed E-state index contributed by atoms with van der Waals surface area (Å²) in [5, 5.41) is 2.27. The molecule has 2 aromatic heterocycles. The van der Waals surface area contributed by atoms with Crippen molar-refractivity contribution in [3.05, 3.63) is 45.0 Å². The van der Waals surface area contributed by atoms with Crippen molar-refractivity contribution in [1.82, 2.24) is 5.06 Å². The Labute approximate surface area is 175 Å². The molecule has 0 spiro atoms. The van der Waals surface area contributed by atoms with E-state index in [0.717, 1.165) is 27.5 Å². The van der Waals surface area contributed by atoms with Gasteiger partial charge in [0.1, 0.15) is 16.9 Å². The number of hydrogen-bond donors (Lipinski definition) is 0. The summed E-state index contributed by atoms with van der Waals surface area (Å²) in [6.45, 7) is 5.53. The minimum absolute atomic E-state index is 0.0242. The Kier molecular flexibility index (Phi) is 5.15. The number of aryl methyl sites for hydroxylation is 3. The van der Waals surface area contributed by atoms with Crippen LogP contribution in [0.1, 0.15) is 35.3 Å². The Morgan fingerprint density at radius 3 is 2.40 bits per heavy atom. The molecule has 9 heteroatoms. The summed E-state index contributed by atoms with van der Waals surface area (Å²) in [4.78, 5) is 51.7. The maximum absolute atomic E-state index is 12.0. The number of hydrogen-bond acceptors (Lipinski definition) is 8. The Bertz CT molecular complexity index is 1250. The standard InChI is InChI=1S/C21H19NO7S/c1-10-6-18(25)28-20-11(2)21-14(7-13(10)20)15(12(3)27-21)8-30-9-19(26)29-22-16(23)4-5-17(22)24/h6-7H,4-5,8-9H2,1-3H3. The molecule has 0 bridgehead atoms. The first kappa shape index (κ1) is 20.2. The van der Waals surface area contributed by atoms with Crippen LogP contribution in [0.2, 0.25) is 0 Å². The van der Waals surface area contributed by atoms with Crippen molar-refractivity contribution in [3.63, 3.8) is 0 Å². The summed E-state index contributed by atoms with van der Waals surface area (Å²) in [7, 11) is 0. The minimum atomic E-state index is -0.659. The summed E-state index contributed by atoms with van der Waals surface area (Å²) in [5.74, 6) is -0.512. The van der Waals surface area contributed by atoms with Crippen molar-refractivity contribution in [1.29, 1.82) is 0 Å². The molecule has 0 unspecified atom stereocenters. The molecule has 3 heterocycles. The van der Waals surface area contributed by atoms with Gasteiger partial charge < -0.3 is 13.7 Å². The van der Waals surface area contributed by atoms with Gasteiger partial charge in [0.25, 0.3) is 11.8 Å². The molecule has 1 aromatic carbocycles. The number of nitrogens with zero attached hydrogens (tertiary/aromatic N) is 1. The van der Waals surface area contributed by atoms with Crippen LogP contribution in [0.15, 0.2) is 25.8 Å². The number of rotatable bonds is 5. The van der Waals surface area contributed by atoms with E-state index in [9.17, 15) is 19.2 Å². The normalized spacial score (nSPS) is 14.3. The topological polar surface area (TPSA) is 107 Å². The van der Waals surface area contributed by atoms with Crippen LogP contribution in [-0.2, 0) is 25.0 Å². The molecule has 2 amide bonds. The molecule has 0 radical (unpaired) electrons. The summed E-state index contributed by atoms with van der Waals surface area (Å²) in [6.07, 6.45) is 0.124. The van der Waals surface area contributed by atoms with Crippen LogP contribution in [0.25, 0.3) is 21.9 Å². The van der Waals surface area contributed by atoms with Crippen LogP contribution < -0.4 is 5.63 Å². The van der Waals surface area contributed by atoms with E-state index >= 15 is 0 Å². The molecule has 3 aromatic rings. The molecule has 0 atom stereocenters. The highest BCUT2D eigenvalue weighted by atomic mass is 32.2. The van der Waals surface area contributed by atoms with Gasteiger partial charge in [0, 0.05) is 46.6 Å². The average Bonchev–Trinajstić information content (AvgIpc) is 3.17. The fourth-order valence-corrected chi connectivity index (χ4v) is 4.44. The van der Waals surface area contributed by atoms with Gasteiger partial charge in [-0.2, -0.15) is 0 Å². The SMILES string of the molecule is Cc1oc2c(C)c3oc(=O)cc(C)c3cc2c1CSCC(=O)ON1C(=O)CCC1=O. The molecule has 30 heavy (non-hydrogen) atoms. The second-order valence-corrected chi connectivity index (χ2v) is 8.16. The van der Waals surface area contributed by atoms with Gasteiger partial charge in [-0.25, -0.2) is 9.59 Å². The van der Waals surface area contributed by atoms with E-state index in [1.807, 2.05) is 26.8 Å². The van der Waals surface area contributed by atoms with Crippen molar-refractivity contribution in [2.24, 2.45) is 0 Å². The van der Waals surface area contributed by atoms with E-state index in [1.54, 1.807) is 0 Å². The zero-order valence-corrected chi connectivity index (χ0v) is 17.5. The van der Waals surface area contributed by atoms with Gasteiger partial charge in [0.15, 0.2) is 0 Å². The largest absolute Gasteiger partial charge is 0.461 e. The molecule has 1 aliphatic rings. The number of benzene rings is 1. The first-order valence-corrected chi connectivity index (χ1v) is 10.5. The molecular formula is C21H19NO7S. The van der Waals surface area contributed by atoms with Gasteiger partial charge in [0.05, 0.1) is 5.75 Å². The fraction of sp³-hybridized carbons (Fsp3) is 0.333. The van der Waals surface area contributed by atoms with Gasteiger partial charge in [-0.1, -0.05) is 0 Å². The molecule has 1 saturated heterocycles. The molecule has 0 saturated carbocycles. The zero-order valence-electron chi connectivity index (χ0n) is 16.7. The lowest BCUT2D eigenvalue weighted by Crippen LogP contribution is -2.32. The maximum Gasteiger partial charge on any atom is 0.343 e. The van der Waals surface area contributed by atoms with E-state index in [1.165, 1.54) is 17.8 Å². The Hall–Kier alpha value is -3.07. The Morgan fingerprint density at radius 2 is 1.70 bits per heavy atom. The number of thioether (sulfide) groups is 1.